The van der Waals surface area contributed by atoms with Gasteiger partial charge in [-0.25, -0.2) is 0 Å². The molecule has 2 aliphatic heterocycles. The summed E-state index contributed by atoms with van der Waals surface area (Å²) in [5.41, 5.74) is 1.54. The summed E-state index contributed by atoms with van der Waals surface area (Å²) in [6.45, 7) is 18.4. The number of ether oxygens (including phenoxy) is 2. The molecule has 10 atom stereocenters. The van der Waals surface area contributed by atoms with Gasteiger partial charge in [0.05, 0.1) is 24.9 Å². The van der Waals surface area contributed by atoms with E-state index in [1.807, 2.05) is 0 Å². The third kappa shape index (κ3) is 3.49. The Labute approximate surface area is 231 Å². The highest BCUT2D eigenvalue weighted by atomic mass is 16.5. The molecule has 5 nitrogen and oxygen atoms in total. The second-order valence-electron chi connectivity index (χ2n) is 16.5. The van der Waals surface area contributed by atoms with E-state index >= 15 is 0 Å². The smallest absolute Gasteiger partial charge is 0.320 e. The van der Waals surface area contributed by atoms with Crippen molar-refractivity contribution in [2.75, 3.05) is 19.7 Å². The van der Waals surface area contributed by atoms with Gasteiger partial charge in [0.15, 0.2) is 0 Å². The molecule has 5 heteroatoms. The van der Waals surface area contributed by atoms with Crippen LogP contribution in [0.5, 0.6) is 0 Å². The van der Waals surface area contributed by atoms with Crippen LogP contribution in [0.3, 0.4) is 0 Å². The van der Waals surface area contributed by atoms with Crippen molar-refractivity contribution in [3.8, 4) is 0 Å². The maximum atomic E-state index is 12.6. The lowest BCUT2D eigenvalue weighted by molar-refractivity contribution is -0.384. The van der Waals surface area contributed by atoms with Crippen LogP contribution < -0.4 is 5.32 Å². The lowest BCUT2D eigenvalue weighted by Gasteiger charge is -2.77. The molecule has 2 bridgehead atoms. The Morgan fingerprint density at radius 2 is 1.61 bits per heavy atom. The molecule has 0 amide bonds. The summed E-state index contributed by atoms with van der Waals surface area (Å²) in [4.78, 5) is 12.6. The number of hydrogen-bond donors (Lipinski definition) is 2. The summed E-state index contributed by atoms with van der Waals surface area (Å²) in [6, 6.07) is 0. The van der Waals surface area contributed by atoms with Gasteiger partial charge in [-0.2, -0.15) is 0 Å². The Balaban J connectivity index is 1.24. The highest BCUT2D eigenvalue weighted by molar-refractivity contribution is 5.71. The van der Waals surface area contributed by atoms with Gasteiger partial charge in [0.1, 0.15) is 6.10 Å². The van der Waals surface area contributed by atoms with Crippen LogP contribution >= 0.6 is 0 Å². The number of hydrogen-bond acceptors (Lipinski definition) is 5. The minimum atomic E-state index is -0.180. The van der Waals surface area contributed by atoms with Crippen molar-refractivity contribution < 1.29 is 19.4 Å². The van der Waals surface area contributed by atoms with E-state index in [4.69, 9.17) is 14.6 Å². The van der Waals surface area contributed by atoms with E-state index in [1.165, 1.54) is 51.4 Å². The van der Waals surface area contributed by atoms with E-state index < -0.39 is 0 Å². The van der Waals surface area contributed by atoms with Gasteiger partial charge >= 0.3 is 5.97 Å². The van der Waals surface area contributed by atoms with Gasteiger partial charge in [-0.15, -0.1) is 0 Å². The Morgan fingerprint density at radius 1 is 0.868 bits per heavy atom. The summed E-state index contributed by atoms with van der Waals surface area (Å²) in [6.07, 6.45) is 13.1. The van der Waals surface area contributed by atoms with E-state index in [0.717, 1.165) is 30.6 Å². The highest BCUT2D eigenvalue weighted by Gasteiger charge is 2.75. The number of carbonyl (C=O) groups is 1. The molecule has 7 rings (SSSR count). The highest BCUT2D eigenvalue weighted by Crippen LogP contribution is 2.78. The first-order chi connectivity index (χ1) is 17.8. The molecule has 7 fully saturated rings. The van der Waals surface area contributed by atoms with Crippen LogP contribution in [-0.4, -0.2) is 48.6 Å². The van der Waals surface area contributed by atoms with Crippen LogP contribution in [0.1, 0.15) is 113 Å². The number of carbonyl (C=O) groups excluding carboxylic acids is 1. The molecule has 38 heavy (non-hydrogen) atoms. The van der Waals surface area contributed by atoms with Gasteiger partial charge in [-0.1, -0.05) is 48.5 Å². The van der Waals surface area contributed by atoms with Crippen LogP contribution in [0, 0.1) is 50.7 Å². The molecule has 5 saturated carbocycles. The molecular formula is C33H55NO4. The second kappa shape index (κ2) is 8.68. The molecule has 0 aromatic heterocycles. The topological polar surface area (TPSA) is 67.8 Å². The van der Waals surface area contributed by atoms with E-state index in [1.54, 1.807) is 0 Å². The van der Waals surface area contributed by atoms with Crippen LogP contribution in [-0.2, 0) is 14.3 Å². The van der Waals surface area contributed by atoms with Crippen molar-refractivity contribution in [1.82, 2.24) is 5.32 Å². The Bertz CT molecular complexity index is 959. The largest absolute Gasteiger partial charge is 0.461 e. The number of fused-ring (bicyclic) bond motifs is 7. The number of rotatable bonds is 5. The molecule has 0 aromatic carbocycles. The van der Waals surface area contributed by atoms with Gasteiger partial charge in [-0.05, 0) is 104 Å². The Kier molecular flexibility index (Phi) is 6.28. The third-order valence-corrected chi connectivity index (χ3v) is 14.5. The van der Waals surface area contributed by atoms with Crippen molar-refractivity contribution >= 4 is 5.97 Å². The first-order valence-electron chi connectivity index (χ1n) is 15.9. The summed E-state index contributed by atoms with van der Waals surface area (Å²) < 4.78 is 12.9. The van der Waals surface area contributed by atoms with Crippen LogP contribution in [0.15, 0.2) is 0 Å². The van der Waals surface area contributed by atoms with Crippen LogP contribution in [0.25, 0.3) is 0 Å². The lowest BCUT2D eigenvalue weighted by atomic mass is 9.31. The predicted octanol–water partition coefficient (Wildman–Crippen LogP) is 6.12. The Hall–Kier alpha value is -0.650. The number of esters is 1. The lowest BCUT2D eigenvalue weighted by Crippen LogP contribution is -2.77. The molecule has 216 valence electrons. The molecule has 5 aliphatic carbocycles. The van der Waals surface area contributed by atoms with Crippen LogP contribution in [0.2, 0.25) is 0 Å². The quantitative estimate of drug-likeness (QED) is 0.332. The SMILES string of the molecule is CC1(C)CC[C@]23CC[C@]4(C)C(CCC5[C@@]6(C)CC[C@H](OC(=O)CNCCO)C(C)(C)C6CC[C@]54C)C2[C@@H]1O3. The first-order valence-corrected chi connectivity index (χ1v) is 15.9. The number of aliphatic hydroxyl groups excluding tert-OH is 1. The molecule has 2 heterocycles. The van der Waals surface area contributed by atoms with E-state index in [2.05, 4.69) is 53.8 Å². The fourth-order valence-electron chi connectivity index (χ4n) is 12.2. The van der Waals surface area contributed by atoms with Gasteiger partial charge in [0, 0.05) is 17.9 Å². The summed E-state index contributed by atoms with van der Waals surface area (Å²) in [5, 5.41) is 12.0. The minimum Gasteiger partial charge on any atom is -0.461 e. The van der Waals surface area contributed by atoms with Crippen molar-refractivity contribution in [3.05, 3.63) is 0 Å². The minimum absolute atomic E-state index is 0.0245. The zero-order chi connectivity index (χ0) is 27.4. The van der Waals surface area contributed by atoms with E-state index in [0.29, 0.717) is 40.2 Å². The van der Waals surface area contributed by atoms with Crippen LogP contribution in [0.4, 0.5) is 0 Å². The predicted molar refractivity (Wildman–Crippen MR) is 149 cm³/mol. The van der Waals surface area contributed by atoms with Crippen molar-refractivity contribution in [2.24, 2.45) is 50.7 Å². The van der Waals surface area contributed by atoms with Crippen molar-refractivity contribution in [2.45, 2.75) is 130 Å². The molecule has 2 saturated heterocycles. The van der Waals surface area contributed by atoms with Crippen molar-refractivity contribution in [1.29, 1.82) is 0 Å². The average Bonchev–Trinajstić information content (AvgIpc) is 2.82. The standard InChI is InChI=1S/C33H55NO4/c1-28(2)14-16-33-17-15-31(6)21(26(33)27(28)38-33)8-9-23-30(5)12-11-24(37-25(36)20-34-18-19-35)29(3,4)22(30)10-13-32(23,31)7/h21-24,26-27,34-35H,8-20H2,1-7H3/t21?,22?,23?,24-,26?,27-,30-,31+,32+,33-/m0/s1. The molecule has 0 radical (unpaired) electrons. The van der Waals surface area contributed by atoms with Gasteiger partial charge in [0.2, 0.25) is 0 Å². The molecule has 0 aromatic rings. The van der Waals surface area contributed by atoms with Gasteiger partial charge in [0.25, 0.3) is 0 Å². The fourth-order valence-corrected chi connectivity index (χ4v) is 12.2. The molecule has 7 aliphatic rings. The maximum Gasteiger partial charge on any atom is 0.320 e. The molecular weight excluding hydrogens is 474 g/mol. The summed E-state index contributed by atoms with van der Waals surface area (Å²) >= 11 is 0. The third-order valence-electron chi connectivity index (χ3n) is 14.5. The zero-order valence-corrected chi connectivity index (χ0v) is 25.3. The van der Waals surface area contributed by atoms with E-state index in [9.17, 15) is 4.79 Å². The molecule has 4 unspecified atom stereocenters. The molecule has 2 N–H and O–H groups in total. The second-order valence-corrected chi connectivity index (χ2v) is 16.5. The van der Waals surface area contributed by atoms with Crippen molar-refractivity contribution in [3.63, 3.8) is 0 Å². The average molecular weight is 530 g/mol. The molecule has 1 spiro atoms. The monoisotopic (exact) mass is 529 g/mol. The van der Waals surface area contributed by atoms with Gasteiger partial charge in [-0.3, -0.25) is 4.79 Å². The van der Waals surface area contributed by atoms with E-state index in [-0.39, 0.29) is 36.2 Å². The number of nitrogens with one attached hydrogen (secondary N) is 1. The van der Waals surface area contributed by atoms with Gasteiger partial charge < -0.3 is 19.9 Å². The normalized spacial score (nSPS) is 51.9. The Morgan fingerprint density at radius 3 is 2.32 bits per heavy atom. The first kappa shape index (κ1) is 27.5. The summed E-state index contributed by atoms with van der Waals surface area (Å²) in [7, 11) is 0. The number of aliphatic hydroxyl groups is 1. The fraction of sp³-hybridized carbons (Fsp3) is 0.970. The summed E-state index contributed by atoms with van der Waals surface area (Å²) in [5.74, 6) is 2.69. The zero-order valence-electron chi connectivity index (χ0n) is 25.3. The maximum absolute atomic E-state index is 12.6.